The van der Waals surface area contributed by atoms with Crippen LogP contribution in [0.5, 0.6) is 0 Å². The molecule has 0 aromatic heterocycles. The summed E-state index contributed by atoms with van der Waals surface area (Å²) < 4.78 is 0. The second-order valence-corrected chi connectivity index (χ2v) is 7.99. The molecule has 0 aliphatic rings. The highest BCUT2D eigenvalue weighted by molar-refractivity contribution is 5.92. The standard InChI is InChI=1S/C24H33N7O3/c25-18(14-16-8-3-1-4-9-16)22(33)30-19(12-7-13-29-24(27)28)23(34)31-20(21(26)32)15-17-10-5-2-6-11-17/h1-6,8-11,18-20H,7,12-15,25H2,(H2,26,32)(H,30,33)(H,31,34)(H4,27,28,29)/t18-,19-,20-/m0/s1. The van der Waals surface area contributed by atoms with Gasteiger partial charge in [0.15, 0.2) is 5.96 Å². The first kappa shape index (κ1) is 26.3. The van der Waals surface area contributed by atoms with Crippen molar-refractivity contribution >= 4 is 23.7 Å². The summed E-state index contributed by atoms with van der Waals surface area (Å²) in [6.45, 7) is 0.342. The third-order valence-corrected chi connectivity index (χ3v) is 5.20. The number of primary amides is 1. The van der Waals surface area contributed by atoms with Crippen LogP contribution in [-0.4, -0.2) is 48.4 Å². The molecule has 0 unspecified atom stereocenters. The summed E-state index contributed by atoms with van der Waals surface area (Å²) >= 11 is 0. The van der Waals surface area contributed by atoms with Gasteiger partial charge in [-0.25, -0.2) is 0 Å². The lowest BCUT2D eigenvalue weighted by Gasteiger charge is -2.23. The molecule has 3 atom stereocenters. The number of guanidine groups is 1. The number of benzene rings is 2. The Morgan fingerprint density at radius 3 is 1.85 bits per heavy atom. The van der Waals surface area contributed by atoms with Crippen LogP contribution < -0.4 is 33.2 Å². The van der Waals surface area contributed by atoms with Gasteiger partial charge in [0.2, 0.25) is 17.7 Å². The maximum atomic E-state index is 13.0. The molecule has 182 valence electrons. The summed E-state index contributed by atoms with van der Waals surface area (Å²) in [6.07, 6.45) is 1.21. The minimum Gasteiger partial charge on any atom is -0.370 e. The Labute approximate surface area is 199 Å². The molecule has 3 amide bonds. The normalized spacial score (nSPS) is 13.2. The van der Waals surface area contributed by atoms with E-state index in [4.69, 9.17) is 22.6 Å². The highest BCUT2D eigenvalue weighted by atomic mass is 16.2. The summed E-state index contributed by atoms with van der Waals surface area (Å²) in [5.74, 6) is -1.89. The first-order chi connectivity index (χ1) is 16.3. The molecule has 0 aliphatic carbocycles. The van der Waals surface area contributed by atoms with Crippen molar-refractivity contribution in [2.45, 2.75) is 43.8 Å². The Morgan fingerprint density at radius 1 is 0.794 bits per heavy atom. The van der Waals surface area contributed by atoms with Gasteiger partial charge in [0.05, 0.1) is 6.04 Å². The number of hydrogen-bond donors (Lipinski definition) is 7. The van der Waals surface area contributed by atoms with Crippen LogP contribution in [0.1, 0.15) is 24.0 Å². The molecular weight excluding hydrogens is 434 g/mol. The van der Waals surface area contributed by atoms with Gasteiger partial charge in [-0.2, -0.15) is 0 Å². The lowest BCUT2D eigenvalue weighted by molar-refractivity contribution is -0.131. The Kier molecular flexibility index (Phi) is 10.5. The van der Waals surface area contributed by atoms with E-state index in [1.54, 1.807) is 0 Å². The largest absolute Gasteiger partial charge is 0.370 e. The third-order valence-electron chi connectivity index (χ3n) is 5.20. The molecule has 0 heterocycles. The molecule has 0 radical (unpaired) electrons. The predicted octanol–water partition coefficient (Wildman–Crippen LogP) is -0.483. The van der Waals surface area contributed by atoms with Crippen LogP contribution in [-0.2, 0) is 27.2 Å². The highest BCUT2D eigenvalue weighted by Gasteiger charge is 2.27. The minimum atomic E-state index is -0.944. The van der Waals surface area contributed by atoms with Crippen LogP contribution in [0.3, 0.4) is 0 Å². The van der Waals surface area contributed by atoms with Gasteiger partial charge >= 0.3 is 0 Å². The van der Waals surface area contributed by atoms with Gasteiger partial charge in [0.25, 0.3) is 0 Å². The Balaban J connectivity index is 2.05. The molecule has 10 nitrogen and oxygen atoms in total. The van der Waals surface area contributed by atoms with Crippen LogP contribution in [0, 0.1) is 5.41 Å². The summed E-state index contributed by atoms with van der Waals surface area (Å²) in [7, 11) is 0. The number of nitrogens with two attached hydrogens (primary N) is 3. The molecule has 10 heteroatoms. The average molecular weight is 468 g/mol. The fourth-order valence-electron chi connectivity index (χ4n) is 3.38. The zero-order valence-electron chi connectivity index (χ0n) is 19.0. The number of carbonyl (C=O) groups is 3. The third kappa shape index (κ3) is 9.29. The molecule has 0 aliphatic heterocycles. The van der Waals surface area contributed by atoms with E-state index in [2.05, 4.69) is 16.0 Å². The van der Waals surface area contributed by atoms with Crippen LogP contribution >= 0.6 is 0 Å². The Morgan fingerprint density at radius 2 is 1.32 bits per heavy atom. The molecule has 0 fully saturated rings. The minimum absolute atomic E-state index is 0.188. The van der Waals surface area contributed by atoms with Gasteiger partial charge in [-0.05, 0) is 30.4 Å². The lowest BCUT2D eigenvalue weighted by Crippen LogP contribution is -2.56. The van der Waals surface area contributed by atoms with Crippen molar-refractivity contribution < 1.29 is 14.4 Å². The summed E-state index contributed by atoms with van der Waals surface area (Å²) in [5.41, 5.74) is 18.6. The summed E-state index contributed by atoms with van der Waals surface area (Å²) in [6, 6.07) is 15.7. The van der Waals surface area contributed by atoms with E-state index < -0.39 is 35.8 Å². The molecule has 0 bridgehead atoms. The van der Waals surface area contributed by atoms with Crippen molar-refractivity contribution in [2.24, 2.45) is 17.2 Å². The van der Waals surface area contributed by atoms with E-state index in [0.29, 0.717) is 19.4 Å². The van der Waals surface area contributed by atoms with Crippen LogP contribution in [0.15, 0.2) is 60.7 Å². The predicted molar refractivity (Wildman–Crippen MR) is 130 cm³/mol. The molecule has 2 rings (SSSR count). The van der Waals surface area contributed by atoms with E-state index >= 15 is 0 Å². The Bertz CT molecular complexity index is 954. The monoisotopic (exact) mass is 467 g/mol. The summed E-state index contributed by atoms with van der Waals surface area (Å²) in [4.78, 5) is 37.8. The van der Waals surface area contributed by atoms with E-state index in [9.17, 15) is 14.4 Å². The van der Waals surface area contributed by atoms with E-state index in [-0.39, 0.29) is 18.8 Å². The second kappa shape index (κ2) is 13.6. The molecule has 0 spiro atoms. The number of amides is 3. The number of carbonyl (C=O) groups excluding carboxylic acids is 3. The zero-order valence-corrected chi connectivity index (χ0v) is 19.0. The fraction of sp³-hybridized carbons (Fsp3) is 0.333. The van der Waals surface area contributed by atoms with E-state index in [0.717, 1.165) is 11.1 Å². The van der Waals surface area contributed by atoms with Crippen molar-refractivity contribution in [1.29, 1.82) is 5.41 Å². The molecule has 34 heavy (non-hydrogen) atoms. The number of nitrogens with one attached hydrogen (secondary N) is 4. The van der Waals surface area contributed by atoms with Gasteiger partial charge in [-0.15, -0.1) is 0 Å². The van der Waals surface area contributed by atoms with Crippen LogP contribution in [0.4, 0.5) is 0 Å². The summed E-state index contributed by atoms with van der Waals surface area (Å²) in [5, 5.41) is 15.2. The van der Waals surface area contributed by atoms with Crippen LogP contribution in [0.2, 0.25) is 0 Å². The van der Waals surface area contributed by atoms with Gasteiger partial charge in [-0.3, -0.25) is 19.8 Å². The van der Waals surface area contributed by atoms with Gasteiger partial charge in [0, 0.05) is 13.0 Å². The first-order valence-electron chi connectivity index (χ1n) is 11.1. The van der Waals surface area contributed by atoms with Crippen molar-refractivity contribution in [3.63, 3.8) is 0 Å². The van der Waals surface area contributed by atoms with Crippen molar-refractivity contribution in [3.8, 4) is 0 Å². The van der Waals surface area contributed by atoms with Crippen molar-refractivity contribution in [1.82, 2.24) is 16.0 Å². The highest BCUT2D eigenvalue weighted by Crippen LogP contribution is 2.06. The number of rotatable bonds is 13. The van der Waals surface area contributed by atoms with Gasteiger partial charge < -0.3 is 33.2 Å². The quantitative estimate of drug-likeness (QED) is 0.118. The van der Waals surface area contributed by atoms with E-state index in [1.165, 1.54) is 0 Å². The Hall–Kier alpha value is -3.92. The molecule has 0 saturated carbocycles. The SMILES string of the molecule is N=C(N)NCCC[C@H](NC(=O)[C@@H](N)Cc1ccccc1)C(=O)N[C@@H](Cc1ccccc1)C(N)=O. The molecular formula is C24H33N7O3. The van der Waals surface area contributed by atoms with Gasteiger partial charge in [-0.1, -0.05) is 60.7 Å². The van der Waals surface area contributed by atoms with Crippen LogP contribution in [0.25, 0.3) is 0 Å². The topological polar surface area (TPSA) is 189 Å². The molecule has 2 aromatic carbocycles. The smallest absolute Gasteiger partial charge is 0.243 e. The first-order valence-corrected chi connectivity index (χ1v) is 11.1. The van der Waals surface area contributed by atoms with E-state index in [1.807, 2.05) is 60.7 Å². The van der Waals surface area contributed by atoms with Crippen molar-refractivity contribution in [2.75, 3.05) is 6.54 Å². The maximum Gasteiger partial charge on any atom is 0.243 e. The fourth-order valence-corrected chi connectivity index (χ4v) is 3.38. The average Bonchev–Trinajstić information content (AvgIpc) is 2.81. The second-order valence-electron chi connectivity index (χ2n) is 7.99. The van der Waals surface area contributed by atoms with Gasteiger partial charge in [0.1, 0.15) is 12.1 Å². The lowest BCUT2D eigenvalue weighted by atomic mass is 10.0. The molecule has 0 saturated heterocycles. The molecule has 2 aromatic rings. The number of hydrogen-bond acceptors (Lipinski definition) is 5. The molecule has 10 N–H and O–H groups in total. The van der Waals surface area contributed by atoms with Crippen molar-refractivity contribution in [3.05, 3.63) is 71.8 Å². The zero-order chi connectivity index (χ0) is 24.9. The maximum absolute atomic E-state index is 13.0.